The van der Waals surface area contributed by atoms with Crippen LogP contribution < -0.4 is 10.7 Å². The summed E-state index contributed by atoms with van der Waals surface area (Å²) in [6.45, 7) is 5.63. The summed E-state index contributed by atoms with van der Waals surface area (Å²) >= 11 is 5.86. The van der Waals surface area contributed by atoms with Gasteiger partial charge in [-0.25, -0.2) is 10.2 Å². The molecule has 0 radical (unpaired) electrons. The zero-order valence-corrected chi connectivity index (χ0v) is 20.3. The van der Waals surface area contributed by atoms with E-state index < -0.39 is 23.8 Å². The lowest BCUT2D eigenvalue weighted by molar-refractivity contribution is -0.123. The molecule has 0 fully saturated rings. The van der Waals surface area contributed by atoms with Crippen molar-refractivity contribution in [3.63, 3.8) is 0 Å². The molecule has 1 aromatic heterocycles. The van der Waals surface area contributed by atoms with Crippen molar-refractivity contribution in [1.82, 2.24) is 10.7 Å². The topological polar surface area (TPSA) is 110 Å². The first-order valence-corrected chi connectivity index (χ1v) is 11.4. The van der Waals surface area contributed by atoms with E-state index in [2.05, 4.69) is 15.8 Å². The molecular formula is C26H26ClN3O5. The number of furan rings is 1. The van der Waals surface area contributed by atoms with Gasteiger partial charge in [0.25, 0.3) is 11.8 Å². The zero-order valence-electron chi connectivity index (χ0n) is 19.6. The number of hydrogen-bond acceptors (Lipinski definition) is 6. The van der Waals surface area contributed by atoms with Gasteiger partial charge >= 0.3 is 5.97 Å². The zero-order chi connectivity index (χ0) is 25.4. The van der Waals surface area contributed by atoms with Crippen molar-refractivity contribution in [2.24, 2.45) is 11.0 Å². The second-order valence-electron chi connectivity index (χ2n) is 7.90. The number of rotatable bonds is 9. The highest BCUT2D eigenvalue weighted by atomic mass is 35.5. The Labute approximate surface area is 208 Å². The molecule has 35 heavy (non-hydrogen) atoms. The summed E-state index contributed by atoms with van der Waals surface area (Å²) in [6.07, 6.45) is 1.34. The van der Waals surface area contributed by atoms with Crippen LogP contribution in [0.25, 0.3) is 11.3 Å². The molecule has 1 atom stereocenters. The maximum Gasteiger partial charge on any atom is 0.338 e. The maximum absolute atomic E-state index is 12.7. The Morgan fingerprint density at radius 1 is 1.06 bits per heavy atom. The first-order valence-electron chi connectivity index (χ1n) is 11.1. The Morgan fingerprint density at radius 2 is 1.77 bits per heavy atom. The Kier molecular flexibility index (Phi) is 8.80. The van der Waals surface area contributed by atoms with Crippen LogP contribution in [0.15, 0.2) is 70.2 Å². The van der Waals surface area contributed by atoms with E-state index in [4.69, 9.17) is 20.8 Å². The van der Waals surface area contributed by atoms with Gasteiger partial charge in [-0.05, 0) is 55.3 Å². The number of carbonyl (C=O) groups is 3. The van der Waals surface area contributed by atoms with Crippen molar-refractivity contribution >= 4 is 35.6 Å². The summed E-state index contributed by atoms with van der Waals surface area (Å²) in [4.78, 5) is 37.4. The number of ether oxygens (including phenoxy) is 1. The second-order valence-corrected chi connectivity index (χ2v) is 8.34. The quantitative estimate of drug-likeness (QED) is 0.254. The normalized spacial score (nSPS) is 11.9. The van der Waals surface area contributed by atoms with E-state index in [1.54, 1.807) is 67.6 Å². The van der Waals surface area contributed by atoms with Crippen molar-refractivity contribution < 1.29 is 23.5 Å². The summed E-state index contributed by atoms with van der Waals surface area (Å²) in [6, 6.07) is 15.9. The Balaban J connectivity index is 1.66. The number of nitrogens with one attached hydrogen (secondary N) is 2. The maximum atomic E-state index is 12.7. The van der Waals surface area contributed by atoms with E-state index in [-0.39, 0.29) is 12.5 Å². The van der Waals surface area contributed by atoms with Gasteiger partial charge in [-0.15, -0.1) is 0 Å². The number of nitrogens with zero attached hydrogens (tertiary/aromatic N) is 1. The fourth-order valence-corrected chi connectivity index (χ4v) is 3.37. The minimum atomic E-state index is -0.807. The third-order valence-corrected chi connectivity index (χ3v) is 5.28. The van der Waals surface area contributed by atoms with Gasteiger partial charge in [-0.1, -0.05) is 43.6 Å². The standard InChI is InChI=1S/C26H26ClN3O5/c1-4-34-26(33)21-8-6-5-7-20(21)22-14-13-19(35-22)15-28-30-25(32)23(16(2)3)29-24(31)17-9-11-18(27)12-10-17/h5-16,23H,4H2,1-3H3,(H,29,31)(H,30,32). The van der Waals surface area contributed by atoms with Crippen LogP contribution >= 0.6 is 11.6 Å². The van der Waals surface area contributed by atoms with Gasteiger partial charge in [0, 0.05) is 16.1 Å². The van der Waals surface area contributed by atoms with Crippen LogP contribution in [0.4, 0.5) is 0 Å². The number of halogens is 1. The molecule has 0 aliphatic heterocycles. The molecule has 0 aliphatic rings. The van der Waals surface area contributed by atoms with E-state index in [1.807, 2.05) is 13.8 Å². The van der Waals surface area contributed by atoms with Gasteiger partial charge in [-0.2, -0.15) is 5.10 Å². The molecule has 2 N–H and O–H groups in total. The molecule has 0 saturated carbocycles. The number of esters is 1. The van der Waals surface area contributed by atoms with E-state index in [1.165, 1.54) is 6.21 Å². The molecule has 9 heteroatoms. The van der Waals surface area contributed by atoms with Crippen LogP contribution in [-0.2, 0) is 9.53 Å². The van der Waals surface area contributed by atoms with Crippen LogP contribution in [0.3, 0.4) is 0 Å². The van der Waals surface area contributed by atoms with Crippen LogP contribution in [0, 0.1) is 5.92 Å². The van der Waals surface area contributed by atoms with Crippen LogP contribution in [0.2, 0.25) is 5.02 Å². The number of hydrazone groups is 1. The SMILES string of the molecule is CCOC(=O)c1ccccc1-c1ccc(C=NNC(=O)C(NC(=O)c2ccc(Cl)cc2)C(C)C)o1. The lowest BCUT2D eigenvalue weighted by Gasteiger charge is -2.20. The van der Waals surface area contributed by atoms with Crippen molar-refractivity contribution in [3.8, 4) is 11.3 Å². The molecule has 0 spiro atoms. The molecule has 0 saturated heterocycles. The molecule has 8 nitrogen and oxygen atoms in total. The lowest BCUT2D eigenvalue weighted by Crippen LogP contribution is -2.48. The average molecular weight is 496 g/mol. The van der Waals surface area contributed by atoms with Crippen molar-refractivity contribution in [1.29, 1.82) is 0 Å². The molecule has 3 rings (SSSR count). The molecule has 3 aromatic rings. The molecular weight excluding hydrogens is 470 g/mol. The molecule has 0 aliphatic carbocycles. The average Bonchev–Trinajstić information content (AvgIpc) is 3.31. The fourth-order valence-electron chi connectivity index (χ4n) is 3.24. The predicted molar refractivity (Wildman–Crippen MR) is 133 cm³/mol. The van der Waals surface area contributed by atoms with Gasteiger partial charge < -0.3 is 14.5 Å². The smallest absolute Gasteiger partial charge is 0.338 e. The number of carbonyl (C=O) groups excluding carboxylic acids is 3. The third-order valence-electron chi connectivity index (χ3n) is 5.02. The van der Waals surface area contributed by atoms with Gasteiger partial charge in [-0.3, -0.25) is 9.59 Å². The molecule has 2 aromatic carbocycles. The highest BCUT2D eigenvalue weighted by Crippen LogP contribution is 2.26. The largest absolute Gasteiger partial charge is 0.462 e. The summed E-state index contributed by atoms with van der Waals surface area (Å²) in [5, 5.41) is 7.18. The van der Waals surface area contributed by atoms with Gasteiger partial charge in [0.05, 0.1) is 18.4 Å². The Morgan fingerprint density at radius 3 is 2.46 bits per heavy atom. The number of hydrogen-bond donors (Lipinski definition) is 2. The van der Waals surface area contributed by atoms with E-state index in [9.17, 15) is 14.4 Å². The summed E-state index contributed by atoms with van der Waals surface area (Å²) < 4.78 is 10.9. The second kappa shape index (κ2) is 12.0. The van der Waals surface area contributed by atoms with Crippen molar-refractivity contribution in [3.05, 3.63) is 82.6 Å². The highest BCUT2D eigenvalue weighted by molar-refractivity contribution is 6.30. The van der Waals surface area contributed by atoms with Gasteiger partial charge in [0.1, 0.15) is 17.6 Å². The molecule has 2 amide bonds. The van der Waals surface area contributed by atoms with E-state index in [0.717, 1.165) is 0 Å². The molecule has 0 bridgehead atoms. The first kappa shape index (κ1) is 25.7. The van der Waals surface area contributed by atoms with Crippen LogP contribution in [-0.4, -0.2) is 36.6 Å². The van der Waals surface area contributed by atoms with Crippen LogP contribution in [0.5, 0.6) is 0 Å². The minimum Gasteiger partial charge on any atom is -0.462 e. The van der Waals surface area contributed by atoms with Crippen LogP contribution in [0.1, 0.15) is 47.2 Å². The van der Waals surface area contributed by atoms with Crippen molar-refractivity contribution in [2.45, 2.75) is 26.8 Å². The van der Waals surface area contributed by atoms with Gasteiger partial charge in [0.15, 0.2) is 0 Å². The van der Waals surface area contributed by atoms with E-state index >= 15 is 0 Å². The summed E-state index contributed by atoms with van der Waals surface area (Å²) in [5.41, 5.74) is 3.79. The first-order chi connectivity index (χ1) is 16.8. The summed E-state index contributed by atoms with van der Waals surface area (Å²) in [5.74, 6) is -0.672. The highest BCUT2D eigenvalue weighted by Gasteiger charge is 2.24. The molecule has 1 unspecified atom stereocenters. The van der Waals surface area contributed by atoms with E-state index in [0.29, 0.717) is 33.2 Å². The molecule has 1 heterocycles. The Hall–Kier alpha value is -3.91. The minimum absolute atomic E-state index is 0.184. The predicted octanol–water partition coefficient (Wildman–Crippen LogP) is 4.68. The number of amides is 2. The van der Waals surface area contributed by atoms with Crippen molar-refractivity contribution in [2.75, 3.05) is 6.61 Å². The Bertz CT molecular complexity index is 1220. The fraction of sp³-hybridized carbons (Fsp3) is 0.231. The van der Waals surface area contributed by atoms with Gasteiger partial charge in [0.2, 0.25) is 0 Å². The number of benzene rings is 2. The lowest BCUT2D eigenvalue weighted by atomic mass is 10.0. The summed E-state index contributed by atoms with van der Waals surface area (Å²) in [7, 11) is 0. The third kappa shape index (κ3) is 6.80. The molecule has 182 valence electrons. The monoisotopic (exact) mass is 495 g/mol.